The lowest BCUT2D eigenvalue weighted by Gasteiger charge is -2.15. The molecule has 2 aromatic rings. The van der Waals surface area contributed by atoms with Crippen LogP contribution in [-0.2, 0) is 11.3 Å². The molecule has 1 amide bonds. The van der Waals surface area contributed by atoms with Crippen LogP contribution in [0.5, 0.6) is 0 Å². The molecule has 2 aliphatic heterocycles. The lowest BCUT2D eigenvalue weighted by molar-refractivity contribution is -0.119. The minimum absolute atomic E-state index is 0.197. The van der Waals surface area contributed by atoms with Crippen molar-refractivity contribution in [1.29, 1.82) is 0 Å². The van der Waals surface area contributed by atoms with E-state index in [-0.39, 0.29) is 5.91 Å². The average Bonchev–Trinajstić information content (AvgIpc) is 3.14. The second kappa shape index (κ2) is 4.96. The van der Waals surface area contributed by atoms with Crippen molar-refractivity contribution in [3.05, 3.63) is 29.0 Å². The second-order valence-corrected chi connectivity index (χ2v) is 6.78. The zero-order chi connectivity index (χ0) is 14.4. The van der Waals surface area contributed by atoms with Gasteiger partial charge in [-0.3, -0.25) is 9.69 Å². The third kappa shape index (κ3) is 2.38. The summed E-state index contributed by atoms with van der Waals surface area (Å²) in [7, 11) is 0. The van der Waals surface area contributed by atoms with Crippen molar-refractivity contribution in [3.63, 3.8) is 0 Å². The summed E-state index contributed by atoms with van der Waals surface area (Å²) in [5, 5.41) is 5.08. The van der Waals surface area contributed by atoms with Crippen LogP contribution in [0.2, 0.25) is 0 Å². The van der Waals surface area contributed by atoms with Crippen molar-refractivity contribution in [1.82, 2.24) is 15.2 Å². The predicted octanol–water partition coefficient (Wildman–Crippen LogP) is 2.03. The van der Waals surface area contributed by atoms with E-state index in [1.54, 1.807) is 11.3 Å². The average molecular weight is 303 g/mol. The van der Waals surface area contributed by atoms with Crippen molar-refractivity contribution in [2.75, 3.05) is 13.1 Å². The number of likely N-dealkylation sites (tertiary alicyclic amines) is 1. The van der Waals surface area contributed by atoms with Gasteiger partial charge in [-0.1, -0.05) is 6.07 Å². The van der Waals surface area contributed by atoms with Gasteiger partial charge < -0.3 is 9.73 Å². The lowest BCUT2D eigenvalue weighted by atomic mass is 10.1. The maximum Gasteiger partial charge on any atom is 0.236 e. The normalized spacial score (nSPS) is 25.3. The molecule has 2 aromatic heterocycles. The van der Waals surface area contributed by atoms with Gasteiger partial charge in [0.25, 0.3) is 0 Å². The number of oxazole rings is 1. The number of aryl methyl sites for hydroxylation is 1. The molecular weight excluding hydrogens is 286 g/mol. The molecule has 0 unspecified atom stereocenters. The Morgan fingerprint density at radius 1 is 1.52 bits per heavy atom. The zero-order valence-electron chi connectivity index (χ0n) is 11.8. The largest absolute Gasteiger partial charge is 0.440 e. The molecular formula is C15H17N3O2S. The summed E-state index contributed by atoms with van der Waals surface area (Å²) in [4.78, 5) is 19.4. The number of carbonyl (C=O) groups excluding carboxylic acids is 1. The van der Waals surface area contributed by atoms with E-state index in [0.29, 0.717) is 24.3 Å². The Balaban J connectivity index is 1.47. The second-order valence-electron chi connectivity index (χ2n) is 5.83. The standard InChI is InChI=1S/C15H17N3O2S/c1-9-11(17-15(20-9)13-3-2-4-21-13)7-18-6-10-5-14(19)16-12(10)8-18/h2-4,10,12H,5-8H2,1H3,(H,16,19)/t10-,12+/m0/s1. The van der Waals surface area contributed by atoms with Gasteiger partial charge in [0.15, 0.2) is 0 Å². The molecule has 0 aliphatic carbocycles. The first-order valence-corrected chi connectivity index (χ1v) is 8.09. The molecule has 4 heterocycles. The molecule has 0 aromatic carbocycles. The first-order chi connectivity index (χ1) is 10.2. The van der Waals surface area contributed by atoms with Crippen molar-refractivity contribution >= 4 is 17.2 Å². The predicted molar refractivity (Wildman–Crippen MR) is 79.9 cm³/mol. The van der Waals surface area contributed by atoms with Crippen LogP contribution in [0, 0.1) is 12.8 Å². The van der Waals surface area contributed by atoms with Crippen LogP contribution >= 0.6 is 11.3 Å². The number of thiophene rings is 1. The summed E-state index contributed by atoms with van der Waals surface area (Å²) in [5.74, 6) is 2.26. The Hall–Kier alpha value is -1.66. The third-order valence-electron chi connectivity index (χ3n) is 4.31. The smallest absolute Gasteiger partial charge is 0.236 e. The number of nitrogens with one attached hydrogen (secondary N) is 1. The lowest BCUT2D eigenvalue weighted by Crippen LogP contribution is -2.32. The monoisotopic (exact) mass is 303 g/mol. The minimum Gasteiger partial charge on any atom is -0.440 e. The first-order valence-electron chi connectivity index (χ1n) is 7.21. The van der Waals surface area contributed by atoms with Crippen molar-refractivity contribution in [2.45, 2.75) is 25.9 Å². The fraction of sp³-hybridized carbons (Fsp3) is 0.467. The van der Waals surface area contributed by atoms with E-state index >= 15 is 0 Å². The van der Waals surface area contributed by atoms with Crippen LogP contribution in [0.25, 0.3) is 10.8 Å². The molecule has 2 atom stereocenters. The van der Waals surface area contributed by atoms with Crippen LogP contribution in [0.3, 0.4) is 0 Å². The van der Waals surface area contributed by atoms with E-state index in [1.807, 2.05) is 24.4 Å². The van der Waals surface area contributed by atoms with Crippen LogP contribution in [0.1, 0.15) is 17.9 Å². The Morgan fingerprint density at radius 2 is 2.43 bits per heavy atom. The number of amides is 1. The molecule has 0 saturated carbocycles. The van der Waals surface area contributed by atoms with Crippen LogP contribution in [-0.4, -0.2) is 34.9 Å². The number of hydrogen-bond acceptors (Lipinski definition) is 5. The molecule has 110 valence electrons. The molecule has 0 bridgehead atoms. The highest BCUT2D eigenvalue weighted by Gasteiger charge is 2.40. The summed E-state index contributed by atoms with van der Waals surface area (Å²) in [6.45, 7) is 4.64. The molecule has 0 radical (unpaired) electrons. The zero-order valence-corrected chi connectivity index (χ0v) is 12.7. The number of fused-ring (bicyclic) bond motifs is 1. The maximum absolute atomic E-state index is 11.4. The van der Waals surface area contributed by atoms with Crippen LogP contribution in [0.4, 0.5) is 0 Å². The van der Waals surface area contributed by atoms with Gasteiger partial charge in [0.05, 0.1) is 10.6 Å². The van der Waals surface area contributed by atoms with E-state index in [2.05, 4.69) is 15.2 Å². The van der Waals surface area contributed by atoms with Gasteiger partial charge in [-0.15, -0.1) is 11.3 Å². The molecule has 2 aliphatic rings. The minimum atomic E-state index is 0.197. The van der Waals surface area contributed by atoms with E-state index < -0.39 is 0 Å². The van der Waals surface area contributed by atoms with Gasteiger partial charge in [-0.25, -0.2) is 4.98 Å². The molecule has 21 heavy (non-hydrogen) atoms. The fourth-order valence-corrected chi connectivity index (χ4v) is 3.91. The first kappa shape index (κ1) is 13.0. The quantitative estimate of drug-likeness (QED) is 0.942. The fourth-order valence-electron chi connectivity index (χ4n) is 3.26. The van der Waals surface area contributed by atoms with E-state index in [9.17, 15) is 4.79 Å². The number of carbonyl (C=O) groups is 1. The summed E-state index contributed by atoms with van der Waals surface area (Å²) >= 11 is 1.64. The SMILES string of the molecule is Cc1oc(-c2cccs2)nc1CN1C[C@@H]2CC(=O)N[C@@H]2C1. The highest BCUT2D eigenvalue weighted by molar-refractivity contribution is 7.13. The molecule has 2 saturated heterocycles. The number of hydrogen-bond donors (Lipinski definition) is 1. The van der Waals surface area contributed by atoms with Gasteiger partial charge in [-0.2, -0.15) is 0 Å². The Labute approximate surface area is 127 Å². The Bertz CT molecular complexity index is 649. The summed E-state index contributed by atoms with van der Waals surface area (Å²) < 4.78 is 5.78. The number of aromatic nitrogens is 1. The highest BCUT2D eigenvalue weighted by atomic mass is 32.1. The molecule has 4 rings (SSSR count). The number of nitrogens with zero attached hydrogens (tertiary/aromatic N) is 2. The molecule has 5 nitrogen and oxygen atoms in total. The topological polar surface area (TPSA) is 58.4 Å². The van der Waals surface area contributed by atoms with Gasteiger partial charge in [-0.05, 0) is 18.4 Å². The highest BCUT2D eigenvalue weighted by Crippen LogP contribution is 2.29. The van der Waals surface area contributed by atoms with Crippen LogP contribution in [0.15, 0.2) is 21.9 Å². The van der Waals surface area contributed by atoms with Crippen LogP contribution < -0.4 is 5.32 Å². The maximum atomic E-state index is 11.4. The van der Waals surface area contributed by atoms with Crippen molar-refractivity contribution in [2.24, 2.45) is 5.92 Å². The van der Waals surface area contributed by atoms with Gasteiger partial charge >= 0.3 is 0 Å². The third-order valence-corrected chi connectivity index (χ3v) is 5.17. The van der Waals surface area contributed by atoms with E-state index in [1.165, 1.54) is 0 Å². The summed E-state index contributed by atoms with van der Waals surface area (Å²) in [6.07, 6.45) is 0.666. The van der Waals surface area contributed by atoms with Gasteiger partial charge in [0, 0.05) is 38.0 Å². The van der Waals surface area contributed by atoms with Gasteiger partial charge in [0.2, 0.25) is 11.8 Å². The molecule has 1 N–H and O–H groups in total. The van der Waals surface area contributed by atoms with E-state index in [0.717, 1.165) is 36.0 Å². The summed E-state index contributed by atoms with van der Waals surface area (Å²) in [6, 6.07) is 4.35. The van der Waals surface area contributed by atoms with Crippen molar-refractivity contribution < 1.29 is 9.21 Å². The van der Waals surface area contributed by atoms with Gasteiger partial charge in [0.1, 0.15) is 5.76 Å². The Kier molecular flexibility index (Phi) is 3.08. The molecule has 6 heteroatoms. The Morgan fingerprint density at radius 3 is 3.19 bits per heavy atom. The van der Waals surface area contributed by atoms with E-state index in [4.69, 9.17) is 4.42 Å². The molecule has 0 spiro atoms. The summed E-state index contributed by atoms with van der Waals surface area (Å²) in [5.41, 5.74) is 1.00. The number of rotatable bonds is 3. The molecule has 2 fully saturated rings. The van der Waals surface area contributed by atoms with Crippen molar-refractivity contribution in [3.8, 4) is 10.8 Å².